The van der Waals surface area contributed by atoms with Gasteiger partial charge in [0, 0.05) is 11.3 Å². The van der Waals surface area contributed by atoms with Crippen LogP contribution in [0.15, 0.2) is 15.9 Å². The van der Waals surface area contributed by atoms with Crippen molar-refractivity contribution < 1.29 is 9.90 Å². The van der Waals surface area contributed by atoms with Gasteiger partial charge in [-0.25, -0.2) is 0 Å². The Labute approximate surface area is 121 Å². The van der Waals surface area contributed by atoms with Crippen molar-refractivity contribution in [3.05, 3.63) is 20.8 Å². The summed E-state index contributed by atoms with van der Waals surface area (Å²) in [6.45, 7) is 5.33. The van der Waals surface area contributed by atoms with Gasteiger partial charge < -0.3 is 10.4 Å². The molecule has 1 aromatic rings. The van der Waals surface area contributed by atoms with Crippen LogP contribution in [-0.2, 0) is 11.2 Å². The average molecular weight is 334 g/mol. The predicted octanol–water partition coefficient (Wildman–Crippen LogP) is 3.11. The first-order valence-corrected chi connectivity index (χ1v) is 7.65. The molecule has 1 aromatic heterocycles. The van der Waals surface area contributed by atoms with Crippen LogP contribution in [0.25, 0.3) is 0 Å². The Balaban J connectivity index is 2.29. The molecule has 1 heterocycles. The zero-order valence-corrected chi connectivity index (χ0v) is 13.4. The molecule has 0 radical (unpaired) electrons. The van der Waals surface area contributed by atoms with Crippen molar-refractivity contribution in [2.24, 2.45) is 0 Å². The minimum absolute atomic E-state index is 0.00322. The summed E-state index contributed by atoms with van der Waals surface area (Å²) in [6, 6.07) is 4.10. The third kappa shape index (κ3) is 5.08. The molecule has 0 saturated heterocycles. The fourth-order valence-corrected chi connectivity index (χ4v) is 2.96. The number of hydrogen-bond acceptors (Lipinski definition) is 3. The molecule has 1 unspecified atom stereocenters. The van der Waals surface area contributed by atoms with Crippen LogP contribution >= 0.6 is 27.3 Å². The van der Waals surface area contributed by atoms with Gasteiger partial charge in [-0.15, -0.1) is 11.3 Å². The van der Waals surface area contributed by atoms with Crippen LogP contribution in [0.4, 0.5) is 0 Å². The minimum Gasteiger partial charge on any atom is -0.391 e. The van der Waals surface area contributed by atoms with E-state index in [1.165, 1.54) is 4.88 Å². The van der Waals surface area contributed by atoms with E-state index in [-0.39, 0.29) is 5.91 Å². The summed E-state index contributed by atoms with van der Waals surface area (Å²) in [7, 11) is 0. The summed E-state index contributed by atoms with van der Waals surface area (Å²) in [6.07, 6.45) is 1.67. The van der Waals surface area contributed by atoms with Crippen molar-refractivity contribution in [2.45, 2.75) is 51.7 Å². The Bertz CT molecular complexity index is 401. The number of carbonyl (C=O) groups is 1. The molecule has 1 atom stereocenters. The van der Waals surface area contributed by atoms with E-state index < -0.39 is 11.6 Å². The molecule has 0 aromatic carbocycles. The van der Waals surface area contributed by atoms with Gasteiger partial charge in [-0.3, -0.25) is 4.79 Å². The molecule has 1 amide bonds. The zero-order valence-electron chi connectivity index (χ0n) is 11.0. The highest BCUT2D eigenvalue weighted by Crippen LogP contribution is 2.23. The highest BCUT2D eigenvalue weighted by atomic mass is 79.9. The monoisotopic (exact) mass is 333 g/mol. The first-order chi connectivity index (χ1) is 8.31. The molecule has 1 rings (SSSR count). The van der Waals surface area contributed by atoms with Gasteiger partial charge in [-0.05, 0) is 61.7 Å². The van der Waals surface area contributed by atoms with E-state index in [9.17, 15) is 9.90 Å². The topological polar surface area (TPSA) is 49.3 Å². The number of nitrogens with one attached hydrogen (secondary N) is 1. The van der Waals surface area contributed by atoms with E-state index >= 15 is 0 Å². The number of aliphatic hydroxyl groups is 1. The molecule has 0 bridgehead atoms. The van der Waals surface area contributed by atoms with Crippen molar-refractivity contribution in [2.75, 3.05) is 0 Å². The number of aliphatic hydroxyl groups excluding tert-OH is 1. The van der Waals surface area contributed by atoms with E-state index in [1.54, 1.807) is 18.3 Å². The van der Waals surface area contributed by atoms with Crippen molar-refractivity contribution in [1.82, 2.24) is 5.32 Å². The van der Waals surface area contributed by atoms with E-state index in [2.05, 4.69) is 27.3 Å². The lowest BCUT2D eigenvalue weighted by molar-refractivity contribution is -0.124. The second kappa shape index (κ2) is 6.68. The molecule has 5 heteroatoms. The van der Waals surface area contributed by atoms with Gasteiger partial charge >= 0.3 is 0 Å². The second-order valence-corrected chi connectivity index (χ2v) is 7.55. The minimum atomic E-state index is -0.566. The Morgan fingerprint density at radius 2 is 2.22 bits per heavy atom. The van der Waals surface area contributed by atoms with Gasteiger partial charge in [-0.2, -0.15) is 0 Å². The first kappa shape index (κ1) is 15.7. The molecule has 102 valence electrons. The van der Waals surface area contributed by atoms with Crippen LogP contribution in [0.5, 0.6) is 0 Å². The molecule has 18 heavy (non-hydrogen) atoms. The number of hydrogen-bond donors (Lipinski definition) is 2. The molecule has 3 nitrogen and oxygen atoms in total. The number of amides is 1. The molecular formula is C13H20BrNO2S. The Kier molecular flexibility index (Phi) is 5.82. The lowest BCUT2D eigenvalue weighted by Gasteiger charge is -2.29. The fourth-order valence-electron chi connectivity index (χ4n) is 1.44. The van der Waals surface area contributed by atoms with Crippen molar-refractivity contribution >= 4 is 33.2 Å². The van der Waals surface area contributed by atoms with Gasteiger partial charge in [0.15, 0.2) is 0 Å². The summed E-state index contributed by atoms with van der Waals surface area (Å²) in [5, 5.41) is 12.4. The quantitative estimate of drug-likeness (QED) is 0.840. The van der Waals surface area contributed by atoms with E-state index in [1.807, 2.05) is 19.9 Å². The maximum atomic E-state index is 11.7. The standard InChI is InChI=1S/C13H20BrNO2S/c1-9(16)13(2,3)15-12(17)6-4-5-10-7-8-11(14)18-10/h7-9,16H,4-6H2,1-3H3,(H,15,17). The number of carbonyl (C=O) groups excluding carboxylic acids is 1. The van der Waals surface area contributed by atoms with Crippen molar-refractivity contribution in [3.63, 3.8) is 0 Å². The number of thiophene rings is 1. The summed E-state index contributed by atoms with van der Waals surface area (Å²) in [5.41, 5.74) is -0.566. The SMILES string of the molecule is CC(O)C(C)(C)NC(=O)CCCc1ccc(Br)s1. The van der Waals surface area contributed by atoms with Crippen LogP contribution in [0.3, 0.4) is 0 Å². The smallest absolute Gasteiger partial charge is 0.220 e. The van der Waals surface area contributed by atoms with Gasteiger partial charge in [0.05, 0.1) is 15.4 Å². The number of rotatable bonds is 6. The third-order valence-electron chi connectivity index (χ3n) is 2.96. The molecule has 0 aliphatic rings. The Morgan fingerprint density at radius 3 is 2.72 bits per heavy atom. The van der Waals surface area contributed by atoms with Crippen LogP contribution < -0.4 is 5.32 Å². The average Bonchev–Trinajstić information content (AvgIpc) is 2.63. The third-order valence-corrected chi connectivity index (χ3v) is 4.65. The highest BCUT2D eigenvalue weighted by molar-refractivity contribution is 9.11. The number of aryl methyl sites for hydroxylation is 1. The summed E-state index contributed by atoms with van der Waals surface area (Å²) < 4.78 is 1.12. The second-order valence-electron chi connectivity index (χ2n) is 5.01. The van der Waals surface area contributed by atoms with Crippen LogP contribution in [0.2, 0.25) is 0 Å². The molecule has 0 aliphatic heterocycles. The molecular weight excluding hydrogens is 314 g/mol. The molecule has 0 aliphatic carbocycles. The summed E-state index contributed by atoms with van der Waals surface area (Å²) in [4.78, 5) is 13.0. The van der Waals surface area contributed by atoms with Crippen LogP contribution in [0.1, 0.15) is 38.5 Å². The number of halogens is 1. The normalized spacial score (nSPS) is 13.4. The predicted molar refractivity (Wildman–Crippen MR) is 78.9 cm³/mol. The van der Waals surface area contributed by atoms with E-state index in [0.717, 1.165) is 16.6 Å². The van der Waals surface area contributed by atoms with E-state index in [0.29, 0.717) is 6.42 Å². The first-order valence-electron chi connectivity index (χ1n) is 6.04. The molecule has 0 saturated carbocycles. The summed E-state index contributed by atoms with van der Waals surface area (Å²) >= 11 is 5.12. The van der Waals surface area contributed by atoms with Crippen molar-refractivity contribution in [3.8, 4) is 0 Å². The van der Waals surface area contributed by atoms with E-state index in [4.69, 9.17) is 0 Å². The van der Waals surface area contributed by atoms with Gasteiger partial charge in [-0.1, -0.05) is 0 Å². The Hall–Kier alpha value is -0.390. The van der Waals surface area contributed by atoms with Crippen molar-refractivity contribution in [1.29, 1.82) is 0 Å². The van der Waals surface area contributed by atoms with Gasteiger partial charge in [0.2, 0.25) is 5.91 Å². The molecule has 0 spiro atoms. The lowest BCUT2D eigenvalue weighted by atomic mass is 9.98. The molecule has 2 N–H and O–H groups in total. The highest BCUT2D eigenvalue weighted by Gasteiger charge is 2.25. The van der Waals surface area contributed by atoms with Crippen LogP contribution in [-0.4, -0.2) is 22.7 Å². The summed E-state index contributed by atoms with van der Waals surface area (Å²) in [5.74, 6) is -0.00322. The zero-order chi connectivity index (χ0) is 13.8. The van der Waals surface area contributed by atoms with Crippen LogP contribution in [0, 0.1) is 0 Å². The fraction of sp³-hybridized carbons (Fsp3) is 0.615. The molecule has 0 fully saturated rings. The lowest BCUT2D eigenvalue weighted by Crippen LogP contribution is -2.50. The van der Waals surface area contributed by atoms with Gasteiger partial charge in [0.25, 0.3) is 0 Å². The van der Waals surface area contributed by atoms with Gasteiger partial charge in [0.1, 0.15) is 0 Å². The Morgan fingerprint density at radius 1 is 1.56 bits per heavy atom. The maximum Gasteiger partial charge on any atom is 0.220 e. The maximum absolute atomic E-state index is 11.7. The largest absolute Gasteiger partial charge is 0.391 e.